The van der Waals surface area contributed by atoms with E-state index >= 15 is 0 Å². The van der Waals surface area contributed by atoms with Crippen LogP contribution in [0, 0.1) is 5.92 Å². The zero-order valence-corrected chi connectivity index (χ0v) is 14.5. The number of hydrogen-bond acceptors (Lipinski definition) is 3. The molecule has 1 aromatic heterocycles. The predicted octanol–water partition coefficient (Wildman–Crippen LogP) is 3.59. The van der Waals surface area contributed by atoms with Crippen LogP contribution < -0.4 is 5.32 Å². The molecule has 1 N–H and O–H groups in total. The zero-order valence-electron chi connectivity index (χ0n) is 13.0. The molecule has 126 valence electrons. The number of carbonyl (C=O) groups is 1. The van der Waals surface area contributed by atoms with Crippen molar-refractivity contribution < 1.29 is 4.79 Å². The van der Waals surface area contributed by atoms with E-state index in [2.05, 4.69) is 20.1 Å². The molecule has 8 heteroatoms. The van der Waals surface area contributed by atoms with E-state index in [1.807, 2.05) is 0 Å². The summed E-state index contributed by atoms with van der Waals surface area (Å²) in [5.41, 5.74) is 0.549. The first kappa shape index (κ1) is 15.7. The van der Waals surface area contributed by atoms with Crippen molar-refractivity contribution >= 4 is 34.9 Å². The van der Waals surface area contributed by atoms with Crippen molar-refractivity contribution in [2.24, 2.45) is 5.92 Å². The first-order valence-corrected chi connectivity index (χ1v) is 8.77. The molecule has 0 spiro atoms. The summed E-state index contributed by atoms with van der Waals surface area (Å²) in [6.45, 7) is 1.81. The molecule has 0 bridgehead atoms. The molecule has 24 heavy (non-hydrogen) atoms. The van der Waals surface area contributed by atoms with Gasteiger partial charge in [-0.3, -0.25) is 0 Å². The van der Waals surface area contributed by atoms with E-state index < -0.39 is 0 Å². The van der Waals surface area contributed by atoms with Crippen molar-refractivity contribution in [2.75, 3.05) is 11.9 Å². The smallest absolute Gasteiger partial charge is 0.315 e. The van der Waals surface area contributed by atoms with Gasteiger partial charge < -0.3 is 14.8 Å². The van der Waals surface area contributed by atoms with Gasteiger partial charge in [0.25, 0.3) is 0 Å². The third-order valence-corrected chi connectivity index (χ3v) is 5.01. The standard InChI is InChI=1S/C16H17Cl2N5O/c17-11-3-4-13(12(18)8-11)19-16(24)22-5-6-23-14(7-10-1-2-10)20-21-15(23)9-22/h3-4,8,10H,1-2,5-7,9H2,(H,19,24). The lowest BCUT2D eigenvalue weighted by Crippen LogP contribution is -2.41. The van der Waals surface area contributed by atoms with Gasteiger partial charge in [0.2, 0.25) is 0 Å². The Balaban J connectivity index is 1.44. The number of halogens is 2. The second kappa shape index (κ2) is 6.26. The van der Waals surface area contributed by atoms with Crippen LogP contribution in [0.5, 0.6) is 0 Å². The molecule has 2 heterocycles. The van der Waals surface area contributed by atoms with Crippen LogP contribution in [0.15, 0.2) is 18.2 Å². The largest absolute Gasteiger partial charge is 0.322 e. The van der Waals surface area contributed by atoms with Gasteiger partial charge in [-0.25, -0.2) is 4.79 Å². The number of urea groups is 1. The Kier molecular flexibility index (Phi) is 4.10. The van der Waals surface area contributed by atoms with Crippen molar-refractivity contribution in [1.29, 1.82) is 0 Å². The first-order valence-electron chi connectivity index (χ1n) is 8.02. The second-order valence-electron chi connectivity index (χ2n) is 6.31. The van der Waals surface area contributed by atoms with Gasteiger partial charge in [-0.2, -0.15) is 0 Å². The average Bonchev–Trinajstić information content (AvgIpc) is 3.29. The highest BCUT2D eigenvalue weighted by Crippen LogP contribution is 2.32. The van der Waals surface area contributed by atoms with E-state index in [-0.39, 0.29) is 6.03 Å². The monoisotopic (exact) mass is 365 g/mol. The van der Waals surface area contributed by atoms with Gasteiger partial charge in [0, 0.05) is 24.5 Å². The minimum absolute atomic E-state index is 0.197. The van der Waals surface area contributed by atoms with E-state index in [1.54, 1.807) is 23.1 Å². The Hall–Kier alpha value is -1.79. The number of hydrogen-bond donors (Lipinski definition) is 1. The fourth-order valence-electron chi connectivity index (χ4n) is 2.91. The number of rotatable bonds is 3. The lowest BCUT2D eigenvalue weighted by atomic mass is 10.2. The number of anilines is 1. The van der Waals surface area contributed by atoms with Gasteiger partial charge in [0.05, 0.1) is 17.3 Å². The lowest BCUT2D eigenvalue weighted by Gasteiger charge is -2.28. The molecule has 1 aliphatic heterocycles. The highest BCUT2D eigenvalue weighted by molar-refractivity contribution is 6.36. The number of benzene rings is 1. The summed E-state index contributed by atoms with van der Waals surface area (Å²) in [5.74, 6) is 2.66. The quantitative estimate of drug-likeness (QED) is 0.903. The Morgan fingerprint density at radius 3 is 2.83 bits per heavy atom. The average molecular weight is 366 g/mol. The van der Waals surface area contributed by atoms with Gasteiger partial charge in [0.1, 0.15) is 5.82 Å². The van der Waals surface area contributed by atoms with E-state index in [1.165, 1.54) is 12.8 Å². The van der Waals surface area contributed by atoms with Crippen molar-refractivity contribution in [3.63, 3.8) is 0 Å². The number of nitrogens with one attached hydrogen (secondary N) is 1. The Morgan fingerprint density at radius 1 is 1.25 bits per heavy atom. The molecule has 1 aromatic carbocycles. The van der Waals surface area contributed by atoms with E-state index in [9.17, 15) is 4.79 Å². The highest BCUT2D eigenvalue weighted by atomic mass is 35.5. The molecule has 1 aliphatic carbocycles. The van der Waals surface area contributed by atoms with Gasteiger partial charge >= 0.3 is 6.03 Å². The van der Waals surface area contributed by atoms with Crippen molar-refractivity contribution in [2.45, 2.75) is 32.4 Å². The van der Waals surface area contributed by atoms with Crippen LogP contribution in [-0.4, -0.2) is 32.2 Å². The summed E-state index contributed by atoms with van der Waals surface area (Å²) in [6.07, 6.45) is 3.58. The van der Waals surface area contributed by atoms with Crippen molar-refractivity contribution in [3.8, 4) is 0 Å². The SMILES string of the molecule is O=C(Nc1ccc(Cl)cc1Cl)N1CCn2c(CC3CC3)nnc2C1. The number of fused-ring (bicyclic) bond motifs is 1. The molecule has 0 atom stereocenters. The van der Waals surface area contributed by atoms with Crippen molar-refractivity contribution in [1.82, 2.24) is 19.7 Å². The maximum atomic E-state index is 12.5. The summed E-state index contributed by atoms with van der Waals surface area (Å²) in [7, 11) is 0. The molecular weight excluding hydrogens is 349 g/mol. The molecule has 2 amide bonds. The summed E-state index contributed by atoms with van der Waals surface area (Å²) >= 11 is 12.0. The van der Waals surface area contributed by atoms with Gasteiger partial charge in [-0.15, -0.1) is 10.2 Å². The second-order valence-corrected chi connectivity index (χ2v) is 7.15. The summed E-state index contributed by atoms with van der Waals surface area (Å²) < 4.78 is 2.15. The number of carbonyl (C=O) groups excluding carboxylic acids is 1. The minimum Gasteiger partial charge on any atom is -0.315 e. The summed E-state index contributed by atoms with van der Waals surface area (Å²) in [5, 5.41) is 12.3. The van der Waals surface area contributed by atoms with Crippen LogP contribution in [0.3, 0.4) is 0 Å². The minimum atomic E-state index is -0.197. The molecule has 1 fully saturated rings. The summed E-state index contributed by atoms with van der Waals surface area (Å²) in [4.78, 5) is 14.2. The van der Waals surface area contributed by atoms with Gasteiger partial charge in [0.15, 0.2) is 5.82 Å². The van der Waals surface area contributed by atoms with Crippen LogP contribution in [0.1, 0.15) is 24.5 Å². The van der Waals surface area contributed by atoms with Crippen LogP contribution >= 0.6 is 23.2 Å². The predicted molar refractivity (Wildman–Crippen MR) is 92.3 cm³/mol. The lowest BCUT2D eigenvalue weighted by molar-refractivity contribution is 0.195. The molecule has 2 aliphatic rings. The maximum Gasteiger partial charge on any atom is 0.322 e. The third-order valence-electron chi connectivity index (χ3n) is 4.46. The molecule has 0 unspecified atom stereocenters. The maximum absolute atomic E-state index is 12.5. The van der Waals surface area contributed by atoms with E-state index in [4.69, 9.17) is 23.2 Å². The fourth-order valence-corrected chi connectivity index (χ4v) is 3.36. The Morgan fingerprint density at radius 2 is 2.08 bits per heavy atom. The topological polar surface area (TPSA) is 63.1 Å². The van der Waals surface area contributed by atoms with E-state index in [0.717, 1.165) is 30.5 Å². The molecule has 0 radical (unpaired) electrons. The summed E-state index contributed by atoms with van der Waals surface area (Å²) in [6, 6.07) is 4.80. The molecular formula is C16H17Cl2N5O. The molecule has 0 saturated heterocycles. The van der Waals surface area contributed by atoms with Gasteiger partial charge in [-0.05, 0) is 37.0 Å². The van der Waals surface area contributed by atoms with Gasteiger partial charge in [-0.1, -0.05) is 23.2 Å². The normalized spacial score (nSPS) is 16.8. The molecule has 4 rings (SSSR count). The molecule has 2 aromatic rings. The first-order chi connectivity index (χ1) is 11.6. The Labute approximate surface area is 149 Å². The molecule has 6 nitrogen and oxygen atoms in total. The zero-order chi connectivity index (χ0) is 16.7. The van der Waals surface area contributed by atoms with Crippen LogP contribution in [0.2, 0.25) is 10.0 Å². The van der Waals surface area contributed by atoms with Crippen LogP contribution in [0.4, 0.5) is 10.5 Å². The van der Waals surface area contributed by atoms with Crippen molar-refractivity contribution in [3.05, 3.63) is 39.9 Å². The van der Waals surface area contributed by atoms with E-state index in [0.29, 0.717) is 28.8 Å². The number of nitrogens with zero attached hydrogens (tertiary/aromatic N) is 4. The highest BCUT2D eigenvalue weighted by Gasteiger charge is 2.28. The third kappa shape index (κ3) is 3.21. The fraction of sp³-hybridized carbons (Fsp3) is 0.438. The van der Waals surface area contributed by atoms with Crippen LogP contribution in [-0.2, 0) is 19.5 Å². The van der Waals surface area contributed by atoms with Crippen LogP contribution in [0.25, 0.3) is 0 Å². The molecule has 1 saturated carbocycles. The Bertz CT molecular complexity index is 787. The number of aromatic nitrogens is 3. The number of amides is 2.